The van der Waals surface area contributed by atoms with Crippen LogP contribution in [0.3, 0.4) is 0 Å². The van der Waals surface area contributed by atoms with Crippen LogP contribution in [0.1, 0.15) is 129 Å². The summed E-state index contributed by atoms with van der Waals surface area (Å²) in [6.45, 7) is 19.7. The van der Waals surface area contributed by atoms with Crippen LogP contribution in [0.15, 0.2) is 11.6 Å². The average Bonchev–Trinajstić information content (AvgIpc) is 3.76. The molecule has 7 fully saturated rings. The van der Waals surface area contributed by atoms with Crippen molar-refractivity contribution in [1.29, 1.82) is 0 Å². The minimum Gasteiger partial charge on any atom is -0.462 e. The number of rotatable bonds is 12. The Bertz CT molecular complexity index is 2300. The van der Waals surface area contributed by atoms with Crippen LogP contribution >= 0.6 is 0 Å². The van der Waals surface area contributed by atoms with Crippen LogP contribution in [0.5, 0.6) is 0 Å². The molecule has 4 aliphatic heterocycles. The van der Waals surface area contributed by atoms with E-state index in [-0.39, 0.29) is 66.7 Å². The smallest absolute Gasteiger partial charge is 0.303 e. The molecule has 424 valence electrons. The molecular weight excluding hydrogens is 1000 g/mol. The van der Waals surface area contributed by atoms with E-state index in [0.717, 1.165) is 45.6 Å². The van der Waals surface area contributed by atoms with Gasteiger partial charge in [0.15, 0.2) is 55.3 Å². The van der Waals surface area contributed by atoms with Gasteiger partial charge in [0.05, 0.1) is 31.5 Å². The lowest BCUT2D eigenvalue weighted by Gasteiger charge is -2.61. The van der Waals surface area contributed by atoms with Gasteiger partial charge < -0.3 is 66.3 Å². The highest BCUT2D eigenvalue weighted by Crippen LogP contribution is 2.71. The molecule has 4 saturated heterocycles. The molecule has 22 nitrogen and oxygen atoms in total. The summed E-state index contributed by atoms with van der Waals surface area (Å²) in [5.74, 6) is -7.01. The summed E-state index contributed by atoms with van der Waals surface area (Å²) >= 11 is 0. The number of ether oxygens (including phenoxy) is 14. The summed E-state index contributed by atoms with van der Waals surface area (Å²) in [5, 5.41) is 0. The first kappa shape index (κ1) is 57.4. The van der Waals surface area contributed by atoms with Gasteiger partial charge in [-0.05, 0) is 61.7 Å². The molecule has 3 saturated carbocycles. The zero-order valence-electron chi connectivity index (χ0n) is 45.8. The molecule has 4 heterocycles. The van der Waals surface area contributed by atoms with Gasteiger partial charge in [-0.25, -0.2) is 0 Å². The fourth-order valence-corrected chi connectivity index (χ4v) is 15.0. The van der Waals surface area contributed by atoms with Gasteiger partial charge >= 0.3 is 47.8 Å². The summed E-state index contributed by atoms with van der Waals surface area (Å²) < 4.78 is 86.7. The van der Waals surface area contributed by atoms with E-state index in [2.05, 4.69) is 26.8 Å². The molecule has 0 aromatic rings. The molecule has 23 atom stereocenters. The fraction of sp³-hybridized carbons (Fsp3) is 0.815. The van der Waals surface area contributed by atoms with Crippen LogP contribution in [-0.4, -0.2) is 153 Å². The predicted molar refractivity (Wildman–Crippen MR) is 256 cm³/mol. The number of allylic oxidation sites excluding steroid dienone is 1. The van der Waals surface area contributed by atoms with E-state index in [9.17, 15) is 38.4 Å². The molecule has 4 aliphatic carbocycles. The molecule has 8 aliphatic rings. The minimum atomic E-state index is -1.63. The first-order chi connectivity index (χ1) is 35.7. The van der Waals surface area contributed by atoms with E-state index in [1.165, 1.54) is 41.5 Å². The predicted octanol–water partition coefficient (Wildman–Crippen LogP) is 4.51. The second kappa shape index (κ2) is 22.2. The molecule has 0 N–H and O–H groups in total. The maximum absolute atomic E-state index is 13.0. The average molecular weight is 1080 g/mol. The molecule has 1 spiro atoms. The zero-order chi connectivity index (χ0) is 55.5. The Morgan fingerprint density at radius 3 is 1.79 bits per heavy atom. The van der Waals surface area contributed by atoms with Crippen LogP contribution in [-0.2, 0) is 105 Å². The number of fused-ring (bicyclic) bond motifs is 7. The number of carbonyl (C=O) groups is 8. The number of hydrogen-bond donors (Lipinski definition) is 0. The molecule has 0 aromatic carbocycles. The third kappa shape index (κ3) is 10.9. The maximum atomic E-state index is 13.0. The highest BCUT2D eigenvalue weighted by molar-refractivity contribution is 5.70. The molecule has 0 radical (unpaired) electrons. The van der Waals surface area contributed by atoms with Gasteiger partial charge in [0.2, 0.25) is 5.79 Å². The summed E-state index contributed by atoms with van der Waals surface area (Å²) in [7, 11) is 0. The van der Waals surface area contributed by atoms with Crippen LogP contribution in [0, 0.1) is 46.3 Å². The summed E-state index contributed by atoms with van der Waals surface area (Å²) in [6, 6.07) is 0. The Hall–Kier alpha value is -4.74. The van der Waals surface area contributed by atoms with Crippen LogP contribution in [0.25, 0.3) is 0 Å². The summed E-state index contributed by atoms with van der Waals surface area (Å²) in [4.78, 5) is 101. The van der Waals surface area contributed by atoms with Crippen molar-refractivity contribution in [3.8, 4) is 0 Å². The maximum Gasteiger partial charge on any atom is 0.303 e. The lowest BCUT2D eigenvalue weighted by molar-refractivity contribution is -0.364. The SMILES string of the molecule is CC(=O)O[C@@H]1CC2=CC[C@H]3[C@@H]4C[C@@H]5O[C@@]6(OC[C@H](C)[C@H](OC(C)=O)[C@@H]6OC(C)=O)[C@@H](C)[C@@H]5[C@@]4(C)CC[C@@H]3[C@@]2(C)[C@H](O[C@@H]2OC[C@H](OC(C)=O)[C@H](OC(C)=O)[C@H]2O[C@@H]2O[C@@H](C)[C@H](OC(C)=O)[C@@H](OC(C)=O)[C@H]2OC(C)=O)C1. The van der Waals surface area contributed by atoms with Gasteiger partial charge in [-0.1, -0.05) is 39.3 Å². The van der Waals surface area contributed by atoms with Crippen molar-refractivity contribution in [2.24, 2.45) is 46.3 Å². The first-order valence-electron chi connectivity index (χ1n) is 26.6. The van der Waals surface area contributed by atoms with Gasteiger partial charge in [0, 0.05) is 85.5 Å². The Morgan fingerprint density at radius 1 is 0.592 bits per heavy atom. The summed E-state index contributed by atoms with van der Waals surface area (Å²) in [5.41, 5.74) is 0.0431. The van der Waals surface area contributed by atoms with Gasteiger partial charge in [-0.3, -0.25) is 38.4 Å². The van der Waals surface area contributed by atoms with Gasteiger partial charge in [0.1, 0.15) is 12.2 Å². The van der Waals surface area contributed by atoms with Crippen molar-refractivity contribution < 1.29 is 105 Å². The van der Waals surface area contributed by atoms with Crippen molar-refractivity contribution in [2.75, 3.05) is 13.2 Å². The molecule has 76 heavy (non-hydrogen) atoms. The van der Waals surface area contributed by atoms with Crippen LogP contribution in [0.2, 0.25) is 0 Å². The van der Waals surface area contributed by atoms with Crippen molar-refractivity contribution in [3.63, 3.8) is 0 Å². The van der Waals surface area contributed by atoms with E-state index in [1.807, 2.05) is 6.92 Å². The molecule has 0 unspecified atom stereocenters. The van der Waals surface area contributed by atoms with E-state index in [1.54, 1.807) is 0 Å². The van der Waals surface area contributed by atoms with Crippen molar-refractivity contribution in [1.82, 2.24) is 0 Å². The monoisotopic (exact) mass is 1080 g/mol. The third-order valence-electron chi connectivity index (χ3n) is 17.7. The zero-order valence-corrected chi connectivity index (χ0v) is 45.8. The Balaban J connectivity index is 1.14. The van der Waals surface area contributed by atoms with Gasteiger partial charge in [-0.15, -0.1) is 0 Å². The first-order valence-corrected chi connectivity index (χ1v) is 26.6. The highest BCUT2D eigenvalue weighted by Gasteiger charge is 2.73. The Morgan fingerprint density at radius 2 is 1.17 bits per heavy atom. The van der Waals surface area contributed by atoms with Crippen LogP contribution < -0.4 is 0 Å². The van der Waals surface area contributed by atoms with Crippen LogP contribution in [0.4, 0.5) is 0 Å². The lowest BCUT2D eigenvalue weighted by Crippen LogP contribution is -2.65. The molecule has 0 bridgehead atoms. The second-order valence-corrected chi connectivity index (χ2v) is 22.7. The quantitative estimate of drug-likeness (QED) is 0.148. The molecule has 22 heteroatoms. The number of esters is 8. The van der Waals surface area contributed by atoms with Gasteiger partial charge in [-0.2, -0.15) is 0 Å². The van der Waals surface area contributed by atoms with E-state index < -0.39 is 139 Å². The second-order valence-electron chi connectivity index (χ2n) is 22.7. The molecule has 0 amide bonds. The summed E-state index contributed by atoms with van der Waals surface area (Å²) in [6.07, 6.45) is -10.2. The molecule has 0 aromatic heterocycles. The minimum absolute atomic E-state index is 0.00506. The lowest BCUT2D eigenvalue weighted by atomic mass is 9.46. The van der Waals surface area contributed by atoms with E-state index in [0.29, 0.717) is 12.8 Å². The van der Waals surface area contributed by atoms with Gasteiger partial charge in [0.25, 0.3) is 0 Å². The normalized spacial score (nSPS) is 44.2. The standard InChI is InChI=1S/C54H76O22/c1-23-21-64-54(49(73-33(11)62)43(23)68-28(6)57)24(2)42-39(76-54)20-38-36-15-14-34-18-35(66-26(4)55)19-41(53(34,13)37(36)16-17-52(38,42)12)74-50-47(45(70-30(8)59)40(22-63-50)67-27(5)56)75-51-48(72-32(10)61)46(71-31(9)60)44(25(3)65-51)69-29(7)58/h14,23-25,35-51H,15-22H2,1-13H3/t23-,24-,25-,35+,36+,37-,38-,39-,40-,41+,42-,43-,44-,45-,46+,47+,48+,49-,50-,51-,52-,53-,54-/m0/s1. The van der Waals surface area contributed by atoms with Crippen molar-refractivity contribution in [3.05, 3.63) is 11.6 Å². The Labute approximate surface area is 442 Å². The molecule has 8 rings (SSSR count). The third-order valence-corrected chi connectivity index (χ3v) is 17.7. The number of carbonyl (C=O) groups excluding carboxylic acids is 8. The van der Waals surface area contributed by atoms with Crippen molar-refractivity contribution in [2.45, 2.75) is 220 Å². The largest absolute Gasteiger partial charge is 0.462 e. The fourth-order valence-electron chi connectivity index (χ4n) is 15.0. The highest BCUT2D eigenvalue weighted by atomic mass is 16.8. The van der Waals surface area contributed by atoms with Crippen molar-refractivity contribution >= 4 is 47.8 Å². The Kier molecular flexibility index (Phi) is 16.8. The van der Waals surface area contributed by atoms with E-state index >= 15 is 0 Å². The van der Waals surface area contributed by atoms with E-state index in [4.69, 9.17) is 66.3 Å². The number of hydrogen-bond acceptors (Lipinski definition) is 22. The topological polar surface area (TPSA) is 266 Å². The molecular formula is C54H76O22.